The van der Waals surface area contributed by atoms with Gasteiger partial charge in [-0.1, -0.05) is 48.0 Å². The summed E-state index contributed by atoms with van der Waals surface area (Å²) < 4.78 is 2.33. The molecule has 0 spiro atoms. The van der Waals surface area contributed by atoms with Gasteiger partial charge in [-0.25, -0.2) is 0 Å². The van der Waals surface area contributed by atoms with Crippen molar-refractivity contribution in [3.63, 3.8) is 0 Å². The second-order valence-electron chi connectivity index (χ2n) is 5.30. The highest BCUT2D eigenvalue weighted by Gasteiger charge is 2.13. The fourth-order valence-electron chi connectivity index (χ4n) is 2.96. The Balaban J connectivity index is 2.14. The third-order valence-corrected chi connectivity index (χ3v) is 4.41. The van der Waals surface area contributed by atoms with E-state index in [9.17, 15) is 0 Å². The number of nitrogens with two attached hydrogens (primary N) is 1. The summed E-state index contributed by atoms with van der Waals surface area (Å²) in [7, 11) is 0. The molecule has 0 bridgehead atoms. The van der Waals surface area contributed by atoms with Gasteiger partial charge in [0.2, 0.25) is 0 Å². The van der Waals surface area contributed by atoms with Gasteiger partial charge >= 0.3 is 0 Å². The number of hydrogen-bond acceptors (Lipinski definition) is 1. The van der Waals surface area contributed by atoms with E-state index in [0.29, 0.717) is 6.54 Å². The van der Waals surface area contributed by atoms with Crippen LogP contribution in [0, 0.1) is 6.92 Å². The van der Waals surface area contributed by atoms with E-state index in [1.807, 2.05) is 18.2 Å². The van der Waals surface area contributed by atoms with Crippen molar-refractivity contribution < 1.29 is 0 Å². The lowest BCUT2D eigenvalue weighted by Gasteiger charge is -2.10. The maximum absolute atomic E-state index is 6.31. The first-order valence-electron chi connectivity index (χ1n) is 7.22. The molecule has 0 amide bonds. The molecule has 0 radical (unpaired) electrons. The number of rotatable bonds is 4. The summed E-state index contributed by atoms with van der Waals surface area (Å²) >= 11 is 6.31. The molecule has 108 valence electrons. The molecular formula is C18H19ClN2. The van der Waals surface area contributed by atoms with Crippen molar-refractivity contribution in [1.29, 1.82) is 0 Å². The van der Waals surface area contributed by atoms with E-state index < -0.39 is 0 Å². The van der Waals surface area contributed by atoms with Gasteiger partial charge in [-0.2, -0.15) is 0 Å². The molecule has 2 N–H and O–H groups in total. The SMILES string of the molecule is Cc1c(CCN)c2ccccc2n1Cc1ccccc1Cl. The van der Waals surface area contributed by atoms with Gasteiger partial charge in [0.25, 0.3) is 0 Å². The first-order chi connectivity index (χ1) is 10.2. The van der Waals surface area contributed by atoms with Crippen LogP contribution < -0.4 is 5.73 Å². The Morgan fingerprint density at radius 1 is 1.05 bits per heavy atom. The van der Waals surface area contributed by atoms with Crippen molar-refractivity contribution in [3.05, 3.63) is 70.4 Å². The smallest absolute Gasteiger partial charge is 0.0493 e. The average Bonchev–Trinajstić information content (AvgIpc) is 2.76. The van der Waals surface area contributed by atoms with Gasteiger partial charge < -0.3 is 10.3 Å². The summed E-state index contributed by atoms with van der Waals surface area (Å²) in [6.07, 6.45) is 0.905. The Bertz CT molecular complexity index is 774. The minimum atomic E-state index is 0.668. The molecule has 0 fully saturated rings. The predicted octanol–water partition coefficient (Wildman–Crippen LogP) is 4.15. The minimum Gasteiger partial charge on any atom is -0.340 e. The molecule has 0 aliphatic carbocycles. The second-order valence-corrected chi connectivity index (χ2v) is 5.70. The van der Waals surface area contributed by atoms with Crippen LogP contribution in [-0.2, 0) is 13.0 Å². The third-order valence-electron chi connectivity index (χ3n) is 4.04. The highest BCUT2D eigenvalue weighted by Crippen LogP contribution is 2.28. The molecule has 21 heavy (non-hydrogen) atoms. The maximum atomic E-state index is 6.31. The largest absolute Gasteiger partial charge is 0.340 e. The Hall–Kier alpha value is -1.77. The van der Waals surface area contributed by atoms with Crippen molar-refractivity contribution in [3.8, 4) is 0 Å². The lowest BCUT2D eigenvalue weighted by Crippen LogP contribution is -2.06. The van der Waals surface area contributed by atoms with E-state index in [0.717, 1.165) is 23.6 Å². The van der Waals surface area contributed by atoms with Crippen molar-refractivity contribution in [2.24, 2.45) is 5.73 Å². The molecule has 0 aliphatic rings. The summed E-state index contributed by atoms with van der Waals surface area (Å²) in [6.45, 7) is 3.62. The van der Waals surface area contributed by atoms with E-state index in [2.05, 4.69) is 41.8 Å². The zero-order valence-corrected chi connectivity index (χ0v) is 12.9. The van der Waals surface area contributed by atoms with Crippen LogP contribution in [0.3, 0.4) is 0 Å². The number of benzene rings is 2. The maximum Gasteiger partial charge on any atom is 0.0493 e. The zero-order valence-electron chi connectivity index (χ0n) is 12.1. The predicted molar refractivity (Wildman–Crippen MR) is 90.0 cm³/mol. The molecule has 0 unspecified atom stereocenters. The molecule has 0 saturated heterocycles. The molecule has 0 aliphatic heterocycles. The van der Waals surface area contributed by atoms with Crippen LogP contribution in [0.25, 0.3) is 10.9 Å². The van der Waals surface area contributed by atoms with E-state index in [1.165, 1.54) is 22.2 Å². The van der Waals surface area contributed by atoms with Gasteiger partial charge in [0.05, 0.1) is 0 Å². The molecule has 2 aromatic carbocycles. The summed E-state index contributed by atoms with van der Waals surface area (Å²) in [5, 5.41) is 2.11. The van der Waals surface area contributed by atoms with Crippen LogP contribution in [0.2, 0.25) is 5.02 Å². The van der Waals surface area contributed by atoms with E-state index >= 15 is 0 Å². The van der Waals surface area contributed by atoms with Crippen LogP contribution in [0.5, 0.6) is 0 Å². The van der Waals surface area contributed by atoms with Gasteiger partial charge in [-0.15, -0.1) is 0 Å². The number of hydrogen-bond donors (Lipinski definition) is 1. The van der Waals surface area contributed by atoms with E-state index in [-0.39, 0.29) is 0 Å². The second kappa shape index (κ2) is 5.92. The number of para-hydroxylation sites is 1. The highest BCUT2D eigenvalue weighted by molar-refractivity contribution is 6.31. The fourth-order valence-corrected chi connectivity index (χ4v) is 3.16. The quantitative estimate of drug-likeness (QED) is 0.770. The first-order valence-corrected chi connectivity index (χ1v) is 7.60. The minimum absolute atomic E-state index is 0.668. The average molecular weight is 299 g/mol. The van der Waals surface area contributed by atoms with Crippen LogP contribution in [-0.4, -0.2) is 11.1 Å². The van der Waals surface area contributed by atoms with Crippen LogP contribution >= 0.6 is 11.6 Å². The van der Waals surface area contributed by atoms with Crippen molar-refractivity contribution in [2.75, 3.05) is 6.54 Å². The molecule has 0 atom stereocenters. The van der Waals surface area contributed by atoms with Crippen LogP contribution in [0.1, 0.15) is 16.8 Å². The van der Waals surface area contributed by atoms with Crippen molar-refractivity contribution >= 4 is 22.5 Å². The Morgan fingerprint density at radius 3 is 2.52 bits per heavy atom. The van der Waals surface area contributed by atoms with Crippen molar-refractivity contribution in [1.82, 2.24) is 4.57 Å². The van der Waals surface area contributed by atoms with Crippen LogP contribution in [0.15, 0.2) is 48.5 Å². The standard InChI is InChI=1S/C18H19ClN2/c1-13-15(10-11-20)16-7-3-5-9-18(16)21(13)12-14-6-2-4-8-17(14)19/h2-9H,10-12,20H2,1H3. The molecule has 3 rings (SSSR count). The summed E-state index contributed by atoms with van der Waals surface area (Å²) in [5.41, 5.74) is 10.8. The normalized spacial score (nSPS) is 11.2. The summed E-state index contributed by atoms with van der Waals surface area (Å²) in [4.78, 5) is 0. The molecule has 2 nitrogen and oxygen atoms in total. The van der Waals surface area contributed by atoms with E-state index in [4.69, 9.17) is 17.3 Å². The van der Waals surface area contributed by atoms with Gasteiger partial charge in [0.1, 0.15) is 0 Å². The Kier molecular flexibility index (Phi) is 4.00. The molecule has 3 aromatic rings. The summed E-state index contributed by atoms with van der Waals surface area (Å²) in [6, 6.07) is 16.5. The number of halogens is 1. The van der Waals surface area contributed by atoms with Gasteiger partial charge in [-0.3, -0.25) is 0 Å². The van der Waals surface area contributed by atoms with Gasteiger partial charge in [0.15, 0.2) is 0 Å². The molecule has 1 aromatic heterocycles. The molecule has 3 heteroatoms. The summed E-state index contributed by atoms with van der Waals surface area (Å²) in [5.74, 6) is 0. The highest BCUT2D eigenvalue weighted by atomic mass is 35.5. The zero-order chi connectivity index (χ0) is 14.8. The van der Waals surface area contributed by atoms with E-state index in [1.54, 1.807) is 0 Å². The Morgan fingerprint density at radius 2 is 1.76 bits per heavy atom. The van der Waals surface area contributed by atoms with Gasteiger partial charge in [0, 0.05) is 28.2 Å². The Labute approximate surface area is 130 Å². The lowest BCUT2D eigenvalue weighted by atomic mass is 10.1. The van der Waals surface area contributed by atoms with Crippen molar-refractivity contribution in [2.45, 2.75) is 19.9 Å². The monoisotopic (exact) mass is 298 g/mol. The number of nitrogens with zero attached hydrogens (tertiary/aromatic N) is 1. The first kappa shape index (κ1) is 14.2. The number of aromatic nitrogens is 1. The molecule has 1 heterocycles. The number of fused-ring (bicyclic) bond motifs is 1. The fraction of sp³-hybridized carbons (Fsp3) is 0.222. The molecule has 0 saturated carbocycles. The lowest BCUT2D eigenvalue weighted by molar-refractivity contribution is 0.792. The third kappa shape index (κ3) is 2.57. The molecular weight excluding hydrogens is 280 g/mol. The topological polar surface area (TPSA) is 30.9 Å². The van der Waals surface area contributed by atoms with Gasteiger partial charge in [-0.05, 0) is 43.1 Å². The van der Waals surface area contributed by atoms with Crippen LogP contribution in [0.4, 0.5) is 0 Å².